The fourth-order valence-corrected chi connectivity index (χ4v) is 3.26. The number of amides is 1. The predicted molar refractivity (Wildman–Crippen MR) is 91.5 cm³/mol. The molecule has 3 rings (SSSR count). The van der Waals surface area contributed by atoms with Gasteiger partial charge in [-0.3, -0.25) is 4.79 Å². The lowest BCUT2D eigenvalue weighted by atomic mass is 10.1. The third-order valence-corrected chi connectivity index (χ3v) is 4.78. The maximum absolute atomic E-state index is 12.3. The Kier molecular flexibility index (Phi) is 6.35. The summed E-state index contributed by atoms with van der Waals surface area (Å²) in [6.45, 7) is 3.33. The Balaban J connectivity index is 1.38. The number of rotatable bonds is 6. The van der Waals surface area contributed by atoms with Crippen molar-refractivity contribution in [2.24, 2.45) is 0 Å². The Morgan fingerprint density at radius 1 is 1.21 bits per heavy atom. The molecule has 1 atom stereocenters. The minimum Gasteiger partial charge on any atom is -0.487 e. The summed E-state index contributed by atoms with van der Waals surface area (Å²) in [5.41, 5.74) is 0. The summed E-state index contributed by atoms with van der Waals surface area (Å²) in [7, 11) is 0. The zero-order valence-corrected chi connectivity index (χ0v) is 14.5. The molecule has 0 spiro atoms. The maximum Gasteiger partial charge on any atom is 0.225 e. The Labute approximate surface area is 147 Å². The first-order valence-electron chi connectivity index (χ1n) is 8.60. The Morgan fingerprint density at radius 3 is 2.79 bits per heavy atom. The molecule has 1 aromatic carbocycles. The largest absolute Gasteiger partial charge is 0.487 e. The second kappa shape index (κ2) is 8.70. The van der Waals surface area contributed by atoms with Crippen LogP contribution in [0.25, 0.3) is 0 Å². The van der Waals surface area contributed by atoms with Gasteiger partial charge in [-0.2, -0.15) is 0 Å². The summed E-state index contributed by atoms with van der Waals surface area (Å²) in [5, 5.41) is 0.604. The lowest BCUT2D eigenvalue weighted by Crippen LogP contribution is -2.32. The van der Waals surface area contributed by atoms with Gasteiger partial charge in [-0.1, -0.05) is 23.7 Å². The van der Waals surface area contributed by atoms with E-state index in [1.165, 1.54) is 0 Å². The second-order valence-electron chi connectivity index (χ2n) is 6.23. The number of carbonyl (C=O) groups excluding carboxylic acids is 1. The van der Waals surface area contributed by atoms with Crippen LogP contribution in [-0.2, 0) is 14.3 Å². The molecule has 2 aliphatic rings. The van der Waals surface area contributed by atoms with Crippen molar-refractivity contribution in [1.29, 1.82) is 0 Å². The highest BCUT2D eigenvalue weighted by Gasteiger charge is 2.28. The van der Waals surface area contributed by atoms with Gasteiger partial charge in [0.25, 0.3) is 0 Å². The summed E-state index contributed by atoms with van der Waals surface area (Å²) in [4.78, 5) is 14.1. The molecule has 0 N–H and O–H groups in total. The van der Waals surface area contributed by atoms with E-state index in [2.05, 4.69) is 0 Å². The quantitative estimate of drug-likeness (QED) is 0.789. The Bertz CT molecular complexity index is 548. The van der Waals surface area contributed by atoms with Crippen molar-refractivity contribution >= 4 is 17.5 Å². The van der Waals surface area contributed by atoms with Gasteiger partial charge >= 0.3 is 0 Å². The number of ether oxygens (including phenoxy) is 3. The van der Waals surface area contributed by atoms with Gasteiger partial charge in [0.2, 0.25) is 5.91 Å². The number of para-hydroxylation sites is 1. The number of nitrogens with zero attached hydrogens (tertiary/aromatic N) is 1. The van der Waals surface area contributed by atoms with Gasteiger partial charge in [0.1, 0.15) is 11.9 Å². The van der Waals surface area contributed by atoms with Gasteiger partial charge in [0.15, 0.2) is 0 Å². The van der Waals surface area contributed by atoms with E-state index in [1.54, 1.807) is 0 Å². The number of hydrogen-bond donors (Lipinski definition) is 0. The first-order chi connectivity index (χ1) is 11.7. The minimum atomic E-state index is 0.00487. The van der Waals surface area contributed by atoms with E-state index in [1.807, 2.05) is 29.2 Å². The highest BCUT2D eigenvalue weighted by atomic mass is 35.5. The average molecular weight is 354 g/mol. The van der Waals surface area contributed by atoms with Crippen molar-refractivity contribution in [1.82, 2.24) is 4.90 Å². The van der Waals surface area contributed by atoms with Gasteiger partial charge in [-0.15, -0.1) is 0 Å². The molecule has 0 aliphatic carbocycles. The standard InChI is InChI=1S/C18H24ClNO4/c19-16-3-1-2-4-17(16)24-15-5-9-20(13-15)18(21)8-12-23-14-6-10-22-11-7-14/h1-4,14-15H,5-13H2. The molecule has 0 radical (unpaired) electrons. The van der Waals surface area contributed by atoms with Gasteiger partial charge in [0.05, 0.1) is 30.7 Å². The monoisotopic (exact) mass is 353 g/mol. The molecule has 2 heterocycles. The average Bonchev–Trinajstić information content (AvgIpc) is 3.07. The lowest BCUT2D eigenvalue weighted by molar-refractivity contribution is -0.132. The molecule has 5 nitrogen and oxygen atoms in total. The molecule has 2 fully saturated rings. The van der Waals surface area contributed by atoms with Crippen molar-refractivity contribution in [3.05, 3.63) is 29.3 Å². The smallest absolute Gasteiger partial charge is 0.225 e. The van der Waals surface area contributed by atoms with Crippen LogP contribution in [0.15, 0.2) is 24.3 Å². The van der Waals surface area contributed by atoms with Crippen molar-refractivity contribution in [3.8, 4) is 5.75 Å². The van der Waals surface area contributed by atoms with Crippen molar-refractivity contribution in [2.45, 2.75) is 37.9 Å². The molecular weight excluding hydrogens is 330 g/mol. The molecule has 2 aliphatic heterocycles. The number of halogens is 1. The van der Waals surface area contributed by atoms with Crippen LogP contribution in [0.1, 0.15) is 25.7 Å². The van der Waals surface area contributed by atoms with Crippen LogP contribution < -0.4 is 4.74 Å². The van der Waals surface area contributed by atoms with E-state index in [0.29, 0.717) is 30.3 Å². The summed E-state index contributed by atoms with van der Waals surface area (Å²) < 4.78 is 17.0. The first kappa shape index (κ1) is 17.5. The van der Waals surface area contributed by atoms with Crippen molar-refractivity contribution in [2.75, 3.05) is 32.9 Å². The van der Waals surface area contributed by atoms with Gasteiger partial charge in [0, 0.05) is 26.2 Å². The topological polar surface area (TPSA) is 48.0 Å². The molecule has 6 heteroatoms. The minimum absolute atomic E-state index is 0.00487. The Morgan fingerprint density at radius 2 is 2.00 bits per heavy atom. The molecule has 1 aromatic rings. The molecule has 1 amide bonds. The first-order valence-corrected chi connectivity index (χ1v) is 8.98. The SMILES string of the molecule is O=C(CCOC1CCOCC1)N1CCC(Oc2ccccc2Cl)C1. The van der Waals surface area contributed by atoms with Crippen LogP contribution in [-0.4, -0.2) is 55.9 Å². The highest BCUT2D eigenvalue weighted by Crippen LogP contribution is 2.26. The van der Waals surface area contributed by atoms with E-state index in [9.17, 15) is 4.79 Å². The summed E-state index contributed by atoms with van der Waals surface area (Å²) >= 11 is 6.11. The number of hydrogen-bond acceptors (Lipinski definition) is 4. The van der Waals surface area contributed by atoms with Gasteiger partial charge in [-0.25, -0.2) is 0 Å². The fourth-order valence-electron chi connectivity index (χ4n) is 3.08. The molecule has 24 heavy (non-hydrogen) atoms. The zero-order chi connectivity index (χ0) is 16.8. The third-order valence-electron chi connectivity index (χ3n) is 4.47. The number of likely N-dealkylation sites (tertiary alicyclic amines) is 1. The van der Waals surface area contributed by atoms with Crippen LogP contribution in [0.3, 0.4) is 0 Å². The second-order valence-corrected chi connectivity index (χ2v) is 6.64. The molecule has 0 bridgehead atoms. The normalized spacial score (nSPS) is 21.9. The number of carbonyl (C=O) groups is 1. The summed E-state index contributed by atoms with van der Waals surface area (Å²) in [6, 6.07) is 7.43. The van der Waals surface area contributed by atoms with Crippen LogP contribution in [0.5, 0.6) is 5.75 Å². The fraction of sp³-hybridized carbons (Fsp3) is 0.611. The van der Waals surface area contributed by atoms with E-state index < -0.39 is 0 Å². The third kappa shape index (κ3) is 4.85. The van der Waals surface area contributed by atoms with E-state index >= 15 is 0 Å². The molecule has 132 valence electrons. The van der Waals surface area contributed by atoms with Crippen LogP contribution in [0.4, 0.5) is 0 Å². The predicted octanol–water partition coefficient (Wildman–Crippen LogP) is 2.91. The lowest BCUT2D eigenvalue weighted by Gasteiger charge is -2.23. The zero-order valence-electron chi connectivity index (χ0n) is 13.8. The van der Waals surface area contributed by atoms with Crippen molar-refractivity contribution < 1.29 is 19.0 Å². The van der Waals surface area contributed by atoms with Crippen LogP contribution in [0, 0.1) is 0 Å². The Hall–Kier alpha value is -1.30. The van der Waals surface area contributed by atoms with Gasteiger partial charge < -0.3 is 19.1 Å². The molecular formula is C18H24ClNO4. The van der Waals surface area contributed by atoms with Crippen LogP contribution >= 0.6 is 11.6 Å². The molecule has 0 saturated carbocycles. The molecule has 1 unspecified atom stereocenters. The van der Waals surface area contributed by atoms with Crippen LogP contribution in [0.2, 0.25) is 5.02 Å². The summed E-state index contributed by atoms with van der Waals surface area (Å²) in [5.74, 6) is 0.814. The van der Waals surface area contributed by atoms with E-state index in [0.717, 1.165) is 39.0 Å². The van der Waals surface area contributed by atoms with Crippen molar-refractivity contribution in [3.63, 3.8) is 0 Å². The maximum atomic E-state index is 12.3. The number of benzene rings is 1. The van der Waals surface area contributed by atoms with Gasteiger partial charge in [-0.05, 0) is 25.0 Å². The summed E-state index contributed by atoms with van der Waals surface area (Å²) in [6.07, 6.45) is 3.34. The molecule has 2 saturated heterocycles. The van der Waals surface area contributed by atoms with E-state index in [-0.39, 0.29) is 18.1 Å². The molecule has 0 aromatic heterocycles. The highest BCUT2D eigenvalue weighted by molar-refractivity contribution is 6.32. The van der Waals surface area contributed by atoms with E-state index in [4.69, 9.17) is 25.8 Å².